The first kappa shape index (κ1) is 29.8. The van der Waals surface area contributed by atoms with Gasteiger partial charge in [-0.05, 0) is 117 Å². The van der Waals surface area contributed by atoms with E-state index in [0.29, 0.717) is 41.6 Å². The number of rotatable bonds is 12. The van der Waals surface area contributed by atoms with E-state index >= 15 is 0 Å². The van der Waals surface area contributed by atoms with Crippen LogP contribution in [0.25, 0.3) is 0 Å². The first-order chi connectivity index (χ1) is 22.8. The minimum absolute atomic E-state index is 0.0243. The number of aromatic nitrogens is 3. The highest BCUT2D eigenvalue weighted by atomic mass is 19.1. The third-order valence-corrected chi connectivity index (χ3v) is 10.6. The number of fused-ring (bicyclic) bond motifs is 3. The van der Waals surface area contributed by atoms with Gasteiger partial charge in [0.15, 0.2) is 0 Å². The molecule has 0 spiro atoms. The van der Waals surface area contributed by atoms with E-state index in [1.54, 1.807) is 23.0 Å². The van der Waals surface area contributed by atoms with Gasteiger partial charge in [0.2, 0.25) is 11.8 Å². The fraction of sp³-hybridized carbons (Fsp3) is 0.421. The van der Waals surface area contributed by atoms with Crippen molar-refractivity contribution < 1.29 is 18.7 Å². The molecule has 9 heteroatoms. The summed E-state index contributed by atoms with van der Waals surface area (Å²) in [5.41, 5.74) is 4.90. The topological polar surface area (TPSA) is 98.1 Å². The van der Waals surface area contributed by atoms with Crippen molar-refractivity contribution in [1.29, 1.82) is 0 Å². The number of ether oxygens (including phenoxy) is 1. The normalized spacial score (nSPS) is 21.7. The molecule has 3 fully saturated rings. The summed E-state index contributed by atoms with van der Waals surface area (Å²) in [4.78, 5) is 32.0. The van der Waals surface area contributed by atoms with Crippen LogP contribution < -0.4 is 15.4 Å². The number of amides is 2. The van der Waals surface area contributed by atoms with Gasteiger partial charge >= 0.3 is 0 Å². The first-order valence-electron chi connectivity index (χ1n) is 16.9. The SMILES string of the molecule is CC(C)n1nccc1C(=O)N[C@H](C(=O)Nc1ccc2c(c1)CC1CC21c1cc(F)cnc1OCc1ccccc1)C(C1CC1)C1CC1. The maximum atomic E-state index is 14.6. The summed E-state index contributed by atoms with van der Waals surface area (Å²) in [5.74, 6) is 0.987. The van der Waals surface area contributed by atoms with E-state index in [2.05, 4.69) is 26.8 Å². The number of anilines is 1. The number of hydrogen-bond donors (Lipinski definition) is 2. The Morgan fingerprint density at radius 1 is 1.02 bits per heavy atom. The standard InChI is InChI=1S/C38H40FN5O3/c1-22(2)44-32(14-15-41-44)35(45)43-34(33(24-8-9-24)25-10-11-25)36(46)42-29-12-13-30-26(17-29)16-27-19-38(27,30)31-18-28(39)20-40-37(31)47-21-23-6-4-3-5-7-23/h3-7,12-15,17-18,20,22,24-25,27,33-34H,8-11,16,19,21H2,1-2H3,(H,42,46)(H,43,45)/t27?,34-,38?/m0/s1. The second-order valence-electron chi connectivity index (χ2n) is 14.2. The molecule has 2 aromatic carbocycles. The van der Waals surface area contributed by atoms with Crippen molar-refractivity contribution in [3.63, 3.8) is 0 Å². The molecular formula is C38H40FN5O3. The zero-order valence-electron chi connectivity index (χ0n) is 26.8. The predicted molar refractivity (Wildman–Crippen MR) is 175 cm³/mol. The van der Waals surface area contributed by atoms with Gasteiger partial charge in [-0.15, -0.1) is 0 Å². The molecule has 0 radical (unpaired) electrons. The lowest BCUT2D eigenvalue weighted by Crippen LogP contribution is -2.50. The molecule has 8 nitrogen and oxygen atoms in total. The number of benzene rings is 2. The minimum atomic E-state index is -0.631. The summed E-state index contributed by atoms with van der Waals surface area (Å²) >= 11 is 0. The van der Waals surface area contributed by atoms with Crippen LogP contribution in [0.15, 0.2) is 73.1 Å². The molecule has 0 saturated heterocycles. The van der Waals surface area contributed by atoms with E-state index in [1.807, 2.05) is 56.3 Å². The van der Waals surface area contributed by atoms with Crippen LogP contribution in [0.1, 0.15) is 84.7 Å². The Morgan fingerprint density at radius 3 is 2.51 bits per heavy atom. The molecule has 4 aliphatic carbocycles. The average Bonchev–Trinajstić information content (AvgIpc) is 4.03. The summed E-state index contributed by atoms with van der Waals surface area (Å²) in [6.45, 7) is 4.32. The Hall–Kier alpha value is -4.53. The van der Waals surface area contributed by atoms with Gasteiger partial charge in [-0.25, -0.2) is 9.37 Å². The van der Waals surface area contributed by atoms with Gasteiger partial charge in [-0.3, -0.25) is 14.3 Å². The Balaban J connectivity index is 1.04. The van der Waals surface area contributed by atoms with E-state index in [9.17, 15) is 14.0 Å². The smallest absolute Gasteiger partial charge is 0.270 e. The summed E-state index contributed by atoms with van der Waals surface area (Å²) in [7, 11) is 0. The van der Waals surface area contributed by atoms with Gasteiger partial charge in [0.05, 0.1) is 6.20 Å². The zero-order valence-corrected chi connectivity index (χ0v) is 26.8. The molecule has 4 aromatic rings. The van der Waals surface area contributed by atoms with Crippen molar-refractivity contribution in [2.75, 3.05) is 5.32 Å². The quantitative estimate of drug-likeness (QED) is 0.183. The lowest BCUT2D eigenvalue weighted by atomic mass is 9.87. The van der Waals surface area contributed by atoms with Crippen LogP contribution in [0.2, 0.25) is 0 Å². The molecule has 3 atom stereocenters. The van der Waals surface area contributed by atoms with Crippen molar-refractivity contribution in [3.8, 4) is 5.88 Å². The highest BCUT2D eigenvalue weighted by Crippen LogP contribution is 2.67. The molecule has 3 saturated carbocycles. The highest BCUT2D eigenvalue weighted by molar-refractivity contribution is 6.01. The van der Waals surface area contributed by atoms with Gasteiger partial charge in [-0.1, -0.05) is 36.4 Å². The number of halogens is 1. The Bertz CT molecular complexity index is 1820. The largest absolute Gasteiger partial charge is 0.473 e. The van der Waals surface area contributed by atoms with Gasteiger partial charge < -0.3 is 15.4 Å². The van der Waals surface area contributed by atoms with Gasteiger partial charge in [-0.2, -0.15) is 5.10 Å². The molecule has 2 unspecified atom stereocenters. The van der Waals surface area contributed by atoms with Crippen LogP contribution in [0.4, 0.5) is 10.1 Å². The second-order valence-corrected chi connectivity index (χ2v) is 14.2. The zero-order chi connectivity index (χ0) is 32.3. The van der Waals surface area contributed by atoms with Crippen LogP contribution >= 0.6 is 0 Å². The molecule has 2 amide bonds. The third kappa shape index (κ3) is 5.59. The van der Waals surface area contributed by atoms with E-state index in [1.165, 1.54) is 6.20 Å². The summed E-state index contributed by atoms with van der Waals surface area (Å²) in [6.07, 6.45) is 8.97. The lowest BCUT2D eigenvalue weighted by Gasteiger charge is -2.28. The Kier molecular flexibility index (Phi) is 7.38. The van der Waals surface area contributed by atoms with Crippen molar-refractivity contribution in [2.24, 2.45) is 23.7 Å². The molecule has 2 heterocycles. The number of hydrogen-bond acceptors (Lipinski definition) is 5. The third-order valence-electron chi connectivity index (χ3n) is 10.6. The number of nitrogens with zero attached hydrogens (tertiary/aromatic N) is 3. The summed E-state index contributed by atoms with van der Waals surface area (Å²) < 4.78 is 22.5. The van der Waals surface area contributed by atoms with E-state index in [-0.39, 0.29) is 35.0 Å². The summed E-state index contributed by atoms with van der Waals surface area (Å²) in [6, 6.07) is 18.6. The molecule has 8 rings (SSSR count). The first-order valence-corrected chi connectivity index (χ1v) is 16.9. The van der Waals surface area contributed by atoms with Gasteiger partial charge in [0, 0.05) is 28.9 Å². The molecule has 47 heavy (non-hydrogen) atoms. The molecule has 2 N–H and O–H groups in total. The number of carbonyl (C=O) groups is 2. The number of carbonyl (C=O) groups excluding carboxylic acids is 2. The molecule has 2 aromatic heterocycles. The van der Waals surface area contributed by atoms with E-state index in [0.717, 1.165) is 60.8 Å². The van der Waals surface area contributed by atoms with Crippen LogP contribution in [0.3, 0.4) is 0 Å². The molecule has 0 aliphatic heterocycles. The number of pyridine rings is 1. The average molecular weight is 634 g/mol. The molecule has 0 bridgehead atoms. The van der Waals surface area contributed by atoms with Crippen LogP contribution in [0, 0.1) is 29.5 Å². The van der Waals surface area contributed by atoms with Crippen molar-refractivity contribution in [1.82, 2.24) is 20.1 Å². The van der Waals surface area contributed by atoms with Crippen LogP contribution in [-0.4, -0.2) is 32.6 Å². The summed E-state index contributed by atoms with van der Waals surface area (Å²) in [5, 5.41) is 10.6. The Morgan fingerprint density at radius 2 is 1.79 bits per heavy atom. The fourth-order valence-electron chi connectivity index (χ4n) is 8.08. The number of nitrogens with one attached hydrogen (secondary N) is 2. The maximum Gasteiger partial charge on any atom is 0.270 e. The van der Waals surface area contributed by atoms with Crippen molar-refractivity contribution >= 4 is 17.5 Å². The fourth-order valence-corrected chi connectivity index (χ4v) is 8.08. The minimum Gasteiger partial charge on any atom is -0.473 e. The van der Waals surface area contributed by atoms with Crippen LogP contribution in [-0.2, 0) is 23.2 Å². The van der Waals surface area contributed by atoms with E-state index in [4.69, 9.17) is 4.74 Å². The predicted octanol–water partition coefficient (Wildman–Crippen LogP) is 6.61. The Labute approximate surface area is 274 Å². The molecular weight excluding hydrogens is 593 g/mol. The monoisotopic (exact) mass is 633 g/mol. The van der Waals surface area contributed by atoms with Gasteiger partial charge in [0.1, 0.15) is 24.2 Å². The molecule has 4 aliphatic rings. The second kappa shape index (κ2) is 11.6. The highest BCUT2D eigenvalue weighted by Gasteiger charge is 2.62. The van der Waals surface area contributed by atoms with Crippen molar-refractivity contribution in [3.05, 3.63) is 107 Å². The molecule has 242 valence electrons. The van der Waals surface area contributed by atoms with E-state index < -0.39 is 6.04 Å². The van der Waals surface area contributed by atoms with Gasteiger partial charge in [0.25, 0.3) is 5.91 Å². The van der Waals surface area contributed by atoms with Crippen LogP contribution in [0.5, 0.6) is 5.88 Å². The maximum absolute atomic E-state index is 14.6. The lowest BCUT2D eigenvalue weighted by molar-refractivity contribution is -0.119. The van der Waals surface area contributed by atoms with Crippen molar-refractivity contribution in [2.45, 2.75) is 76.5 Å².